The molecule has 0 fully saturated rings. The molecule has 0 aliphatic rings. The summed E-state index contributed by atoms with van der Waals surface area (Å²) in [7, 11) is 1.50. The highest BCUT2D eigenvalue weighted by molar-refractivity contribution is 6.33. The molecule has 1 aromatic carbocycles. The Balaban J connectivity index is 2.75. The number of nitrogens with two attached hydrogens (primary N) is 1. The first kappa shape index (κ1) is 16.4. The minimum Gasteiger partial charge on any atom is -0.380 e. The molecule has 0 spiro atoms. The maximum atomic E-state index is 11.8. The number of hydrogen-bond donors (Lipinski definition) is 3. The molecule has 1 aromatic rings. The Kier molecular flexibility index (Phi) is 6.44. The van der Waals surface area contributed by atoms with Crippen molar-refractivity contribution in [3.05, 3.63) is 23.2 Å². The summed E-state index contributed by atoms with van der Waals surface area (Å²) in [5.41, 5.74) is 6.44. The molecule has 4 N–H and O–H groups in total. The van der Waals surface area contributed by atoms with Crippen molar-refractivity contribution in [2.24, 2.45) is 5.73 Å². The smallest absolute Gasteiger partial charge is 0.227 e. The number of methoxy groups -OCH3 is 1. The summed E-state index contributed by atoms with van der Waals surface area (Å²) < 4.78 is 5.04. The Morgan fingerprint density at radius 3 is 2.65 bits per heavy atom. The Labute approximate surface area is 122 Å². The van der Waals surface area contributed by atoms with Gasteiger partial charge in [0.2, 0.25) is 11.8 Å². The summed E-state index contributed by atoms with van der Waals surface area (Å²) in [4.78, 5) is 22.8. The third-order valence-corrected chi connectivity index (χ3v) is 2.90. The highest BCUT2D eigenvalue weighted by Gasteiger charge is 2.13. The van der Waals surface area contributed by atoms with E-state index in [9.17, 15) is 9.59 Å². The second-order valence-electron chi connectivity index (χ2n) is 4.22. The van der Waals surface area contributed by atoms with Gasteiger partial charge in [0.05, 0.1) is 23.2 Å². The van der Waals surface area contributed by atoms with Crippen LogP contribution in [0.2, 0.25) is 5.02 Å². The van der Waals surface area contributed by atoms with Crippen molar-refractivity contribution < 1.29 is 14.3 Å². The van der Waals surface area contributed by atoms with Crippen molar-refractivity contribution in [1.29, 1.82) is 0 Å². The zero-order valence-corrected chi connectivity index (χ0v) is 12.2. The zero-order chi connectivity index (χ0) is 15.1. The molecule has 0 radical (unpaired) electrons. The largest absolute Gasteiger partial charge is 0.380 e. The third-order valence-electron chi connectivity index (χ3n) is 2.57. The molecule has 6 nitrogen and oxygen atoms in total. The van der Waals surface area contributed by atoms with E-state index < -0.39 is 0 Å². The van der Waals surface area contributed by atoms with Crippen LogP contribution >= 0.6 is 11.6 Å². The fourth-order valence-electron chi connectivity index (χ4n) is 1.57. The van der Waals surface area contributed by atoms with Gasteiger partial charge < -0.3 is 21.1 Å². The van der Waals surface area contributed by atoms with Crippen LogP contribution in [0.5, 0.6) is 0 Å². The molecule has 0 aliphatic heterocycles. The molecular weight excluding hydrogens is 282 g/mol. The third kappa shape index (κ3) is 5.16. The number of carbonyl (C=O) groups excluding carboxylic acids is 2. The number of ether oxygens (including phenoxy) is 1. The molecule has 0 aliphatic carbocycles. The lowest BCUT2D eigenvalue weighted by Crippen LogP contribution is -2.28. The van der Waals surface area contributed by atoms with Crippen LogP contribution in [0.15, 0.2) is 18.2 Å². The first-order valence-corrected chi connectivity index (χ1v) is 6.44. The van der Waals surface area contributed by atoms with E-state index in [0.717, 1.165) is 0 Å². The van der Waals surface area contributed by atoms with E-state index in [1.165, 1.54) is 14.0 Å². The Hall–Kier alpha value is -1.63. The zero-order valence-electron chi connectivity index (χ0n) is 11.4. The standard InChI is InChI=1S/C13H18ClN3O3/c1-8(18)16-9-3-4-11(14)12(5-9)17-13(19)6-10(7-15)20-2/h3-5,10H,6-7,15H2,1-2H3,(H,16,18)(H,17,19). The number of amides is 2. The molecular formula is C13H18ClN3O3. The number of hydrogen-bond acceptors (Lipinski definition) is 4. The maximum Gasteiger partial charge on any atom is 0.227 e. The van der Waals surface area contributed by atoms with Gasteiger partial charge in [-0.2, -0.15) is 0 Å². The van der Waals surface area contributed by atoms with Crippen LogP contribution in [0.1, 0.15) is 13.3 Å². The van der Waals surface area contributed by atoms with Gasteiger partial charge in [-0.05, 0) is 18.2 Å². The molecule has 1 rings (SSSR count). The van der Waals surface area contributed by atoms with Crippen LogP contribution in [-0.2, 0) is 14.3 Å². The lowest BCUT2D eigenvalue weighted by Gasteiger charge is -2.14. The van der Waals surface area contributed by atoms with Gasteiger partial charge in [0, 0.05) is 26.3 Å². The molecule has 1 atom stereocenters. The highest BCUT2D eigenvalue weighted by Crippen LogP contribution is 2.25. The minimum absolute atomic E-state index is 0.133. The lowest BCUT2D eigenvalue weighted by molar-refractivity contribution is -0.118. The molecule has 1 unspecified atom stereocenters. The summed E-state index contributed by atoms with van der Waals surface area (Å²) in [6.45, 7) is 1.65. The van der Waals surface area contributed by atoms with E-state index in [4.69, 9.17) is 22.1 Å². The second-order valence-corrected chi connectivity index (χ2v) is 4.63. The molecule has 0 saturated heterocycles. The topological polar surface area (TPSA) is 93.4 Å². The van der Waals surface area contributed by atoms with Gasteiger partial charge in [-0.1, -0.05) is 11.6 Å². The van der Waals surface area contributed by atoms with E-state index in [1.807, 2.05) is 0 Å². The normalized spacial score (nSPS) is 11.8. The molecule has 0 aromatic heterocycles. The minimum atomic E-state index is -0.340. The molecule has 2 amide bonds. The van der Waals surface area contributed by atoms with Crippen LogP contribution < -0.4 is 16.4 Å². The van der Waals surface area contributed by atoms with Crippen molar-refractivity contribution >= 4 is 34.8 Å². The van der Waals surface area contributed by atoms with Crippen molar-refractivity contribution in [3.8, 4) is 0 Å². The van der Waals surface area contributed by atoms with E-state index in [2.05, 4.69) is 10.6 Å². The quantitative estimate of drug-likeness (QED) is 0.744. The van der Waals surface area contributed by atoms with Crippen molar-refractivity contribution in [2.75, 3.05) is 24.3 Å². The van der Waals surface area contributed by atoms with Crippen molar-refractivity contribution in [3.63, 3.8) is 0 Å². The molecule has 110 valence electrons. The number of rotatable bonds is 6. The van der Waals surface area contributed by atoms with Crippen LogP contribution in [-0.4, -0.2) is 31.6 Å². The summed E-state index contributed by atoms with van der Waals surface area (Å²) >= 11 is 6.00. The fourth-order valence-corrected chi connectivity index (χ4v) is 1.74. The SMILES string of the molecule is COC(CN)CC(=O)Nc1cc(NC(C)=O)ccc1Cl. The summed E-state index contributed by atoms with van der Waals surface area (Å²) in [6.07, 6.45) is -0.208. The molecule has 7 heteroatoms. The van der Waals surface area contributed by atoms with Crippen LogP contribution in [0, 0.1) is 0 Å². The van der Waals surface area contributed by atoms with Gasteiger partial charge in [-0.3, -0.25) is 9.59 Å². The Bertz CT molecular complexity index is 490. The number of halogens is 1. The number of anilines is 2. The number of benzene rings is 1. The molecule has 0 saturated carbocycles. The average Bonchev–Trinajstić information content (AvgIpc) is 2.39. The molecule has 0 heterocycles. The Morgan fingerprint density at radius 2 is 2.10 bits per heavy atom. The monoisotopic (exact) mass is 299 g/mol. The van der Waals surface area contributed by atoms with Gasteiger partial charge >= 0.3 is 0 Å². The summed E-state index contributed by atoms with van der Waals surface area (Å²) in [5.74, 6) is -0.462. The second kappa shape index (κ2) is 7.84. The van der Waals surface area contributed by atoms with Gasteiger partial charge in [0.15, 0.2) is 0 Å². The van der Waals surface area contributed by atoms with Gasteiger partial charge in [-0.25, -0.2) is 0 Å². The van der Waals surface area contributed by atoms with E-state index >= 15 is 0 Å². The van der Waals surface area contributed by atoms with E-state index in [1.54, 1.807) is 18.2 Å². The summed E-state index contributed by atoms with van der Waals surface area (Å²) in [5, 5.41) is 5.66. The first-order chi connectivity index (χ1) is 9.46. The number of nitrogens with one attached hydrogen (secondary N) is 2. The molecule has 20 heavy (non-hydrogen) atoms. The highest BCUT2D eigenvalue weighted by atomic mass is 35.5. The van der Waals surface area contributed by atoms with Gasteiger partial charge in [0.1, 0.15) is 0 Å². The number of carbonyl (C=O) groups is 2. The average molecular weight is 300 g/mol. The van der Waals surface area contributed by atoms with Crippen LogP contribution in [0.25, 0.3) is 0 Å². The predicted octanol–water partition coefficient (Wildman–Crippen LogP) is 1.60. The van der Waals surface area contributed by atoms with Crippen LogP contribution in [0.4, 0.5) is 11.4 Å². The van der Waals surface area contributed by atoms with Gasteiger partial charge in [-0.15, -0.1) is 0 Å². The first-order valence-electron chi connectivity index (χ1n) is 6.06. The predicted molar refractivity (Wildman–Crippen MR) is 78.9 cm³/mol. The van der Waals surface area contributed by atoms with Crippen LogP contribution in [0.3, 0.4) is 0 Å². The maximum absolute atomic E-state index is 11.8. The fraction of sp³-hybridized carbons (Fsp3) is 0.385. The van der Waals surface area contributed by atoms with Crippen molar-refractivity contribution in [2.45, 2.75) is 19.4 Å². The lowest BCUT2D eigenvalue weighted by atomic mass is 10.2. The molecule has 0 bridgehead atoms. The van der Waals surface area contributed by atoms with Crippen molar-refractivity contribution in [1.82, 2.24) is 0 Å². The van der Waals surface area contributed by atoms with E-state index in [-0.39, 0.29) is 30.9 Å². The van der Waals surface area contributed by atoms with Gasteiger partial charge in [0.25, 0.3) is 0 Å². The summed E-state index contributed by atoms with van der Waals surface area (Å²) in [6, 6.07) is 4.84. The Morgan fingerprint density at radius 1 is 1.40 bits per heavy atom. The van der Waals surface area contributed by atoms with E-state index in [0.29, 0.717) is 16.4 Å².